The van der Waals surface area contributed by atoms with Gasteiger partial charge in [0.2, 0.25) is 5.91 Å². The van der Waals surface area contributed by atoms with E-state index in [9.17, 15) is 4.79 Å². The molecule has 0 unspecified atom stereocenters. The van der Waals surface area contributed by atoms with E-state index < -0.39 is 0 Å². The van der Waals surface area contributed by atoms with Crippen LogP contribution in [0.4, 0.5) is 5.69 Å². The first-order valence-electron chi connectivity index (χ1n) is 6.55. The lowest BCUT2D eigenvalue weighted by Crippen LogP contribution is -2.14. The van der Waals surface area contributed by atoms with E-state index in [2.05, 4.69) is 20.4 Å². The van der Waals surface area contributed by atoms with Crippen molar-refractivity contribution in [2.75, 3.05) is 11.1 Å². The normalized spacial score (nSPS) is 10.9. The van der Waals surface area contributed by atoms with E-state index >= 15 is 0 Å². The molecule has 1 amide bonds. The number of benzene rings is 1. The summed E-state index contributed by atoms with van der Waals surface area (Å²) in [4.78, 5) is 20.4. The largest absolute Gasteiger partial charge is 0.324 e. The van der Waals surface area contributed by atoms with Gasteiger partial charge in [-0.2, -0.15) is 5.10 Å². The minimum atomic E-state index is -0.185. The van der Waals surface area contributed by atoms with Crippen LogP contribution in [0, 0.1) is 0 Å². The Kier molecular flexibility index (Phi) is 4.70. The van der Waals surface area contributed by atoms with Crippen molar-refractivity contribution < 1.29 is 4.79 Å². The molecule has 0 saturated carbocycles. The molecular formula is C14H11Cl2N5OS. The second-order valence-electron chi connectivity index (χ2n) is 4.65. The van der Waals surface area contributed by atoms with E-state index in [1.54, 1.807) is 36.1 Å². The number of aromatic nitrogens is 4. The van der Waals surface area contributed by atoms with Gasteiger partial charge >= 0.3 is 0 Å². The summed E-state index contributed by atoms with van der Waals surface area (Å²) in [7, 11) is 1.80. The van der Waals surface area contributed by atoms with Gasteiger partial charge in [0.15, 0.2) is 5.65 Å². The fourth-order valence-corrected chi connectivity index (χ4v) is 3.18. The number of rotatable bonds is 4. The number of carbonyl (C=O) groups is 1. The first-order valence-corrected chi connectivity index (χ1v) is 8.29. The highest BCUT2D eigenvalue weighted by Gasteiger charge is 2.11. The molecule has 0 saturated heterocycles. The highest BCUT2D eigenvalue weighted by atomic mass is 35.5. The zero-order valence-electron chi connectivity index (χ0n) is 12.0. The molecule has 0 bridgehead atoms. The number of hydrogen-bond acceptors (Lipinski definition) is 5. The van der Waals surface area contributed by atoms with Crippen molar-refractivity contribution >= 4 is 57.6 Å². The van der Waals surface area contributed by atoms with Gasteiger partial charge in [0.1, 0.15) is 11.4 Å². The molecule has 3 aromatic rings. The molecule has 3 rings (SSSR count). The van der Waals surface area contributed by atoms with Crippen molar-refractivity contribution in [3.05, 3.63) is 40.8 Å². The van der Waals surface area contributed by atoms with Gasteiger partial charge in [-0.15, -0.1) is 0 Å². The van der Waals surface area contributed by atoms with E-state index in [1.807, 2.05) is 0 Å². The molecule has 6 nitrogen and oxygen atoms in total. The molecule has 0 aliphatic heterocycles. The maximum atomic E-state index is 12.1. The van der Waals surface area contributed by atoms with Crippen LogP contribution in [0.1, 0.15) is 0 Å². The zero-order chi connectivity index (χ0) is 16.4. The monoisotopic (exact) mass is 367 g/mol. The maximum absolute atomic E-state index is 12.1. The molecule has 0 aliphatic carbocycles. The Balaban J connectivity index is 1.68. The summed E-state index contributed by atoms with van der Waals surface area (Å²) in [5, 5.41) is 9.33. The molecule has 0 aliphatic rings. The van der Waals surface area contributed by atoms with Crippen LogP contribution in [0.5, 0.6) is 0 Å². The van der Waals surface area contributed by atoms with Gasteiger partial charge in [-0.1, -0.05) is 35.0 Å². The first kappa shape index (κ1) is 16.0. The predicted molar refractivity (Wildman–Crippen MR) is 92.1 cm³/mol. The second-order valence-corrected chi connectivity index (χ2v) is 6.45. The molecule has 0 spiro atoms. The number of amides is 1. The minimum absolute atomic E-state index is 0.185. The Hall–Kier alpha value is -1.83. The van der Waals surface area contributed by atoms with Crippen LogP contribution in [-0.4, -0.2) is 31.4 Å². The number of anilines is 1. The average Bonchev–Trinajstić information content (AvgIpc) is 2.90. The van der Waals surface area contributed by atoms with Gasteiger partial charge in [0.25, 0.3) is 0 Å². The van der Waals surface area contributed by atoms with E-state index in [0.29, 0.717) is 20.8 Å². The molecule has 2 heterocycles. The van der Waals surface area contributed by atoms with Crippen molar-refractivity contribution in [3.8, 4) is 0 Å². The number of hydrogen-bond donors (Lipinski definition) is 1. The molecule has 2 aromatic heterocycles. The lowest BCUT2D eigenvalue weighted by molar-refractivity contribution is -0.113. The van der Waals surface area contributed by atoms with Crippen molar-refractivity contribution in [1.82, 2.24) is 19.7 Å². The van der Waals surface area contributed by atoms with Crippen LogP contribution in [0.25, 0.3) is 11.0 Å². The SMILES string of the molecule is Cn1ncc2c(SCC(=O)Nc3ccc(Cl)cc3Cl)ncnc21. The van der Waals surface area contributed by atoms with Crippen LogP contribution in [0.2, 0.25) is 10.0 Å². The first-order chi connectivity index (χ1) is 11.0. The van der Waals surface area contributed by atoms with Crippen LogP contribution >= 0.6 is 35.0 Å². The minimum Gasteiger partial charge on any atom is -0.324 e. The van der Waals surface area contributed by atoms with Crippen LogP contribution in [0.15, 0.2) is 35.7 Å². The summed E-state index contributed by atoms with van der Waals surface area (Å²) in [5.74, 6) is 0.00911. The molecule has 9 heteroatoms. The highest BCUT2D eigenvalue weighted by Crippen LogP contribution is 2.27. The molecule has 1 aromatic carbocycles. The fraction of sp³-hybridized carbons (Fsp3) is 0.143. The molecule has 118 valence electrons. The predicted octanol–water partition coefficient (Wildman–Crippen LogP) is 3.40. The number of carbonyl (C=O) groups excluding carboxylic acids is 1. The Bertz CT molecular complexity index is 883. The topological polar surface area (TPSA) is 72.7 Å². The molecule has 0 atom stereocenters. The average molecular weight is 368 g/mol. The molecule has 23 heavy (non-hydrogen) atoms. The maximum Gasteiger partial charge on any atom is 0.234 e. The van der Waals surface area contributed by atoms with Gasteiger partial charge in [0.05, 0.1) is 28.0 Å². The third-order valence-electron chi connectivity index (χ3n) is 3.04. The molecule has 0 fully saturated rings. The summed E-state index contributed by atoms with van der Waals surface area (Å²) in [6, 6.07) is 4.91. The Morgan fingerprint density at radius 1 is 1.35 bits per heavy atom. The lowest BCUT2D eigenvalue weighted by Gasteiger charge is -2.07. The van der Waals surface area contributed by atoms with Crippen molar-refractivity contribution in [3.63, 3.8) is 0 Å². The second kappa shape index (κ2) is 6.74. The summed E-state index contributed by atoms with van der Waals surface area (Å²) in [5.41, 5.74) is 1.25. The Morgan fingerprint density at radius 2 is 2.17 bits per heavy atom. The highest BCUT2D eigenvalue weighted by molar-refractivity contribution is 8.00. The number of nitrogens with one attached hydrogen (secondary N) is 1. The van der Waals surface area contributed by atoms with Crippen LogP contribution < -0.4 is 5.32 Å². The Labute approximate surface area is 146 Å². The van der Waals surface area contributed by atoms with Gasteiger partial charge in [0, 0.05) is 12.1 Å². The number of halogens is 2. The van der Waals surface area contributed by atoms with E-state index in [0.717, 1.165) is 11.0 Å². The van der Waals surface area contributed by atoms with Gasteiger partial charge in [-0.05, 0) is 18.2 Å². The van der Waals surface area contributed by atoms with Gasteiger partial charge in [-0.3, -0.25) is 9.48 Å². The van der Waals surface area contributed by atoms with Crippen LogP contribution in [-0.2, 0) is 11.8 Å². The Morgan fingerprint density at radius 3 is 2.96 bits per heavy atom. The van der Waals surface area contributed by atoms with Crippen molar-refractivity contribution in [2.24, 2.45) is 7.05 Å². The number of nitrogens with zero attached hydrogens (tertiary/aromatic N) is 4. The summed E-state index contributed by atoms with van der Waals surface area (Å²) < 4.78 is 1.66. The third kappa shape index (κ3) is 3.57. The number of fused-ring (bicyclic) bond motifs is 1. The fourth-order valence-electron chi connectivity index (χ4n) is 1.97. The lowest BCUT2D eigenvalue weighted by atomic mass is 10.3. The van der Waals surface area contributed by atoms with Gasteiger partial charge < -0.3 is 5.32 Å². The van der Waals surface area contributed by atoms with E-state index in [-0.39, 0.29) is 11.7 Å². The quantitative estimate of drug-likeness (QED) is 0.565. The van der Waals surface area contributed by atoms with Gasteiger partial charge in [-0.25, -0.2) is 9.97 Å². The van der Waals surface area contributed by atoms with E-state index in [4.69, 9.17) is 23.2 Å². The number of thioether (sulfide) groups is 1. The summed E-state index contributed by atoms with van der Waals surface area (Å²) >= 11 is 13.2. The van der Waals surface area contributed by atoms with E-state index in [1.165, 1.54) is 18.1 Å². The third-order valence-corrected chi connectivity index (χ3v) is 4.59. The summed E-state index contributed by atoms with van der Waals surface area (Å²) in [6.45, 7) is 0. The molecular weight excluding hydrogens is 357 g/mol. The molecule has 1 N–H and O–H groups in total. The van der Waals surface area contributed by atoms with Crippen molar-refractivity contribution in [2.45, 2.75) is 5.03 Å². The summed E-state index contributed by atoms with van der Waals surface area (Å²) in [6.07, 6.45) is 3.14. The van der Waals surface area contributed by atoms with Crippen molar-refractivity contribution in [1.29, 1.82) is 0 Å². The van der Waals surface area contributed by atoms with Crippen LogP contribution in [0.3, 0.4) is 0 Å². The zero-order valence-corrected chi connectivity index (χ0v) is 14.3. The number of aryl methyl sites for hydroxylation is 1. The standard InChI is InChI=1S/C14H11Cl2N5OS/c1-21-13-9(5-19-21)14(18-7-17-13)23-6-12(22)20-11-3-2-8(15)4-10(11)16/h2-5,7H,6H2,1H3,(H,20,22). The molecule has 0 radical (unpaired) electrons. The smallest absolute Gasteiger partial charge is 0.234 e.